The maximum atomic E-state index is 12.5. The number of nitrogens with zero attached hydrogens (tertiary/aromatic N) is 1. The number of carbonyl (C=O) groups is 2. The van der Waals surface area contributed by atoms with E-state index in [0.29, 0.717) is 23.7 Å². The van der Waals surface area contributed by atoms with Crippen molar-refractivity contribution >= 4 is 39.4 Å². The number of hydrogen-bond donors (Lipinski definition) is 0. The highest BCUT2D eigenvalue weighted by Crippen LogP contribution is 2.23. The van der Waals surface area contributed by atoms with Gasteiger partial charge in [-0.3, -0.25) is 9.59 Å². The maximum absolute atomic E-state index is 12.5. The molecular formula is C14H17BrClNO4. The van der Waals surface area contributed by atoms with Crippen LogP contribution < -0.4 is 0 Å². The molecule has 1 rings (SSSR count). The summed E-state index contributed by atoms with van der Waals surface area (Å²) in [4.78, 5) is 25.2. The zero-order chi connectivity index (χ0) is 15.8. The molecule has 0 atom stereocenters. The van der Waals surface area contributed by atoms with Gasteiger partial charge >= 0.3 is 5.97 Å². The highest BCUT2D eigenvalue weighted by molar-refractivity contribution is 9.10. The number of benzene rings is 1. The molecule has 1 amide bonds. The van der Waals surface area contributed by atoms with Gasteiger partial charge in [0.15, 0.2) is 0 Å². The Morgan fingerprint density at radius 1 is 1.29 bits per heavy atom. The average molecular weight is 379 g/mol. The molecule has 0 radical (unpaired) electrons. The lowest BCUT2D eigenvalue weighted by Gasteiger charge is -2.22. The van der Waals surface area contributed by atoms with E-state index in [4.69, 9.17) is 16.3 Å². The predicted octanol–water partition coefficient (Wildman–Crippen LogP) is 2.75. The largest absolute Gasteiger partial charge is 0.469 e. The Labute approximate surface area is 137 Å². The maximum Gasteiger partial charge on any atom is 0.307 e. The van der Waals surface area contributed by atoms with Crippen molar-refractivity contribution in [2.75, 3.05) is 33.9 Å². The van der Waals surface area contributed by atoms with Gasteiger partial charge in [0, 0.05) is 30.2 Å². The summed E-state index contributed by atoms with van der Waals surface area (Å²) in [7, 11) is 2.87. The third kappa shape index (κ3) is 5.65. The Bertz CT molecular complexity index is 510. The first-order chi connectivity index (χ1) is 9.99. The van der Waals surface area contributed by atoms with Crippen LogP contribution >= 0.6 is 27.5 Å². The van der Waals surface area contributed by atoms with Crippen LogP contribution in [-0.4, -0.2) is 50.7 Å². The van der Waals surface area contributed by atoms with E-state index in [-0.39, 0.29) is 24.8 Å². The number of carbonyl (C=O) groups excluding carboxylic acids is 2. The highest BCUT2D eigenvalue weighted by atomic mass is 79.9. The number of methoxy groups -OCH3 is 2. The Morgan fingerprint density at radius 2 is 2.00 bits per heavy atom. The fourth-order valence-corrected chi connectivity index (χ4v) is 2.08. The molecule has 116 valence electrons. The topological polar surface area (TPSA) is 55.8 Å². The van der Waals surface area contributed by atoms with E-state index in [1.165, 1.54) is 7.11 Å². The molecule has 0 spiro atoms. The molecular weight excluding hydrogens is 362 g/mol. The van der Waals surface area contributed by atoms with Crippen molar-refractivity contribution in [3.05, 3.63) is 33.3 Å². The third-order valence-corrected chi connectivity index (χ3v) is 4.07. The second-order valence-electron chi connectivity index (χ2n) is 4.24. The van der Waals surface area contributed by atoms with Gasteiger partial charge < -0.3 is 14.4 Å². The van der Waals surface area contributed by atoms with Gasteiger partial charge in [-0.1, -0.05) is 11.6 Å². The molecule has 0 fully saturated rings. The fourth-order valence-electron chi connectivity index (χ4n) is 1.66. The van der Waals surface area contributed by atoms with Gasteiger partial charge in [-0.05, 0) is 34.1 Å². The molecule has 1 aromatic rings. The van der Waals surface area contributed by atoms with Gasteiger partial charge in [-0.15, -0.1) is 0 Å². The molecule has 0 saturated heterocycles. The molecule has 0 heterocycles. The minimum atomic E-state index is -0.362. The molecule has 1 aromatic carbocycles. The first kappa shape index (κ1) is 17.9. The first-order valence-electron chi connectivity index (χ1n) is 6.29. The number of amides is 1. The molecule has 0 unspecified atom stereocenters. The zero-order valence-electron chi connectivity index (χ0n) is 11.9. The number of hydrogen-bond acceptors (Lipinski definition) is 4. The van der Waals surface area contributed by atoms with E-state index in [0.717, 1.165) is 4.47 Å². The highest BCUT2D eigenvalue weighted by Gasteiger charge is 2.17. The molecule has 0 aliphatic carbocycles. The molecule has 0 bridgehead atoms. The van der Waals surface area contributed by atoms with Crippen LogP contribution in [-0.2, 0) is 14.3 Å². The summed E-state index contributed by atoms with van der Waals surface area (Å²) in [5.41, 5.74) is 0.462. The molecule has 21 heavy (non-hydrogen) atoms. The summed E-state index contributed by atoms with van der Waals surface area (Å²) >= 11 is 9.28. The van der Waals surface area contributed by atoms with Crippen LogP contribution in [0.3, 0.4) is 0 Å². The summed E-state index contributed by atoms with van der Waals surface area (Å²) in [5, 5.41) is 0.459. The van der Waals surface area contributed by atoms with E-state index in [1.807, 2.05) is 0 Å². The molecule has 0 saturated carbocycles. The van der Waals surface area contributed by atoms with Gasteiger partial charge in [-0.25, -0.2) is 0 Å². The molecule has 0 aliphatic heterocycles. The lowest BCUT2D eigenvalue weighted by Crippen LogP contribution is -2.35. The van der Waals surface area contributed by atoms with Crippen LogP contribution in [0.25, 0.3) is 0 Å². The van der Waals surface area contributed by atoms with Crippen molar-refractivity contribution in [3.63, 3.8) is 0 Å². The Hall–Kier alpha value is -1.11. The van der Waals surface area contributed by atoms with Gasteiger partial charge in [0.05, 0.1) is 25.2 Å². The van der Waals surface area contributed by atoms with Crippen molar-refractivity contribution < 1.29 is 19.1 Å². The van der Waals surface area contributed by atoms with Crippen LogP contribution in [0.1, 0.15) is 16.8 Å². The lowest BCUT2D eigenvalue weighted by molar-refractivity contribution is -0.140. The van der Waals surface area contributed by atoms with Crippen molar-refractivity contribution in [3.8, 4) is 0 Å². The quantitative estimate of drug-likeness (QED) is 0.685. The second-order valence-corrected chi connectivity index (χ2v) is 5.50. The van der Waals surface area contributed by atoms with Crippen molar-refractivity contribution in [2.45, 2.75) is 6.42 Å². The van der Waals surface area contributed by atoms with E-state index < -0.39 is 0 Å². The summed E-state index contributed by atoms with van der Waals surface area (Å²) in [6.45, 7) is 1.04. The number of halogens is 2. The minimum Gasteiger partial charge on any atom is -0.469 e. The van der Waals surface area contributed by atoms with Gasteiger partial charge in [0.25, 0.3) is 5.91 Å². The van der Waals surface area contributed by atoms with E-state index >= 15 is 0 Å². The molecule has 0 N–H and O–H groups in total. The van der Waals surface area contributed by atoms with Gasteiger partial charge in [0.1, 0.15) is 0 Å². The summed E-state index contributed by atoms with van der Waals surface area (Å²) in [6, 6.07) is 4.98. The molecule has 0 aliphatic rings. The summed E-state index contributed by atoms with van der Waals surface area (Å²) < 4.78 is 10.3. The average Bonchev–Trinajstić information content (AvgIpc) is 2.49. The number of esters is 1. The van der Waals surface area contributed by atoms with E-state index in [9.17, 15) is 9.59 Å². The standard InChI is InChI=1S/C14H17BrClNO4/c1-20-8-7-17(6-5-13(18)21-2)14(19)10-3-4-11(15)12(16)9-10/h3-4,9H,5-8H2,1-2H3. The van der Waals surface area contributed by atoms with E-state index in [1.54, 1.807) is 30.2 Å². The van der Waals surface area contributed by atoms with Crippen LogP contribution in [0.5, 0.6) is 0 Å². The van der Waals surface area contributed by atoms with Crippen molar-refractivity contribution in [1.82, 2.24) is 4.90 Å². The van der Waals surface area contributed by atoms with Gasteiger partial charge in [-0.2, -0.15) is 0 Å². The third-order valence-electron chi connectivity index (χ3n) is 2.83. The Morgan fingerprint density at radius 3 is 2.57 bits per heavy atom. The lowest BCUT2D eigenvalue weighted by atomic mass is 10.2. The van der Waals surface area contributed by atoms with Crippen LogP contribution in [0, 0.1) is 0 Å². The van der Waals surface area contributed by atoms with Crippen LogP contribution in [0.4, 0.5) is 0 Å². The normalized spacial score (nSPS) is 10.3. The monoisotopic (exact) mass is 377 g/mol. The SMILES string of the molecule is COCCN(CCC(=O)OC)C(=O)c1ccc(Br)c(Cl)c1. The Balaban J connectivity index is 2.82. The van der Waals surface area contributed by atoms with Crippen molar-refractivity contribution in [1.29, 1.82) is 0 Å². The Kier molecular flexibility index (Phi) is 7.71. The fraction of sp³-hybridized carbons (Fsp3) is 0.429. The summed E-state index contributed by atoms with van der Waals surface area (Å²) in [6.07, 6.45) is 0.135. The van der Waals surface area contributed by atoms with Crippen molar-refractivity contribution in [2.24, 2.45) is 0 Å². The predicted molar refractivity (Wildman–Crippen MR) is 83.6 cm³/mol. The number of rotatable bonds is 7. The van der Waals surface area contributed by atoms with Crippen LogP contribution in [0.2, 0.25) is 5.02 Å². The summed E-state index contributed by atoms with van der Waals surface area (Å²) in [5.74, 6) is -0.565. The zero-order valence-corrected chi connectivity index (χ0v) is 14.2. The minimum absolute atomic E-state index is 0.135. The smallest absolute Gasteiger partial charge is 0.307 e. The molecule has 5 nitrogen and oxygen atoms in total. The second kappa shape index (κ2) is 9.02. The van der Waals surface area contributed by atoms with Gasteiger partial charge in [0.2, 0.25) is 0 Å². The van der Waals surface area contributed by atoms with E-state index in [2.05, 4.69) is 20.7 Å². The molecule has 7 heteroatoms. The molecule has 0 aromatic heterocycles. The number of ether oxygens (including phenoxy) is 2. The van der Waals surface area contributed by atoms with Crippen LogP contribution in [0.15, 0.2) is 22.7 Å². The first-order valence-corrected chi connectivity index (χ1v) is 7.46.